The summed E-state index contributed by atoms with van der Waals surface area (Å²) in [6, 6.07) is 14.4. The SMILES string of the molecule is CCCC1=C(C(=O)OC(C)C)C(c2ccc(OCc3ccc(Br)cc3)cc2)NC(=O)N1. The maximum Gasteiger partial charge on any atom is 0.338 e. The third kappa shape index (κ3) is 6.10. The van der Waals surface area contributed by atoms with Gasteiger partial charge >= 0.3 is 12.0 Å². The van der Waals surface area contributed by atoms with Crippen LogP contribution >= 0.6 is 15.9 Å². The van der Waals surface area contributed by atoms with E-state index in [1.54, 1.807) is 13.8 Å². The van der Waals surface area contributed by atoms with Crippen molar-refractivity contribution in [3.8, 4) is 5.75 Å². The van der Waals surface area contributed by atoms with Crippen LogP contribution in [0, 0.1) is 0 Å². The van der Waals surface area contributed by atoms with Gasteiger partial charge in [-0.05, 0) is 55.7 Å². The summed E-state index contributed by atoms with van der Waals surface area (Å²) in [6.07, 6.45) is 1.13. The van der Waals surface area contributed by atoms with Crippen LogP contribution in [0.3, 0.4) is 0 Å². The Morgan fingerprint density at radius 2 is 1.77 bits per heavy atom. The maximum absolute atomic E-state index is 12.8. The first-order valence-corrected chi connectivity index (χ1v) is 11.2. The summed E-state index contributed by atoms with van der Waals surface area (Å²) in [7, 11) is 0. The fourth-order valence-electron chi connectivity index (χ4n) is 3.34. The van der Waals surface area contributed by atoms with E-state index in [1.165, 1.54) is 0 Å². The van der Waals surface area contributed by atoms with Crippen LogP contribution in [0.2, 0.25) is 0 Å². The Bertz CT molecular complexity index is 953. The monoisotopic (exact) mass is 486 g/mol. The lowest BCUT2D eigenvalue weighted by molar-refractivity contribution is -0.143. The van der Waals surface area contributed by atoms with Crippen LogP contribution in [-0.4, -0.2) is 18.1 Å². The van der Waals surface area contributed by atoms with Crippen molar-refractivity contribution in [2.75, 3.05) is 0 Å². The summed E-state index contributed by atoms with van der Waals surface area (Å²) < 4.78 is 12.3. The zero-order valence-electron chi connectivity index (χ0n) is 17.9. The number of ether oxygens (including phenoxy) is 2. The largest absolute Gasteiger partial charge is 0.489 e. The van der Waals surface area contributed by atoms with Crippen molar-refractivity contribution in [1.29, 1.82) is 0 Å². The molecule has 0 radical (unpaired) electrons. The van der Waals surface area contributed by atoms with Gasteiger partial charge in [0, 0.05) is 10.2 Å². The Morgan fingerprint density at radius 1 is 1.10 bits per heavy atom. The highest BCUT2D eigenvalue weighted by molar-refractivity contribution is 9.10. The first kappa shape index (κ1) is 22.9. The van der Waals surface area contributed by atoms with Crippen LogP contribution in [0.5, 0.6) is 5.75 Å². The van der Waals surface area contributed by atoms with Crippen molar-refractivity contribution in [2.24, 2.45) is 0 Å². The standard InChI is InChI=1S/C24H27BrN2O4/c1-4-5-20-21(23(28)31-15(2)3)22(27-24(29)26-20)17-8-12-19(13-9-17)30-14-16-6-10-18(25)11-7-16/h6-13,15,22H,4-5,14H2,1-3H3,(H2,26,27,29). The summed E-state index contributed by atoms with van der Waals surface area (Å²) in [5.74, 6) is 0.280. The molecule has 2 aromatic carbocycles. The Kier molecular flexibility index (Phi) is 7.74. The number of hydrogen-bond acceptors (Lipinski definition) is 4. The van der Waals surface area contributed by atoms with Crippen molar-refractivity contribution in [1.82, 2.24) is 10.6 Å². The van der Waals surface area contributed by atoms with Crippen LogP contribution in [0.1, 0.15) is 50.8 Å². The zero-order valence-corrected chi connectivity index (χ0v) is 19.5. The van der Waals surface area contributed by atoms with Crippen molar-refractivity contribution in [3.63, 3.8) is 0 Å². The number of nitrogens with one attached hydrogen (secondary N) is 2. The molecular weight excluding hydrogens is 460 g/mol. The van der Waals surface area contributed by atoms with E-state index >= 15 is 0 Å². The van der Waals surface area contributed by atoms with Crippen LogP contribution in [0.25, 0.3) is 0 Å². The van der Waals surface area contributed by atoms with Crippen molar-refractivity contribution in [3.05, 3.63) is 75.4 Å². The quantitative estimate of drug-likeness (QED) is 0.490. The minimum atomic E-state index is -0.581. The average Bonchev–Trinajstić information content (AvgIpc) is 2.73. The Labute approximate surface area is 191 Å². The minimum Gasteiger partial charge on any atom is -0.489 e. The molecule has 1 heterocycles. The van der Waals surface area contributed by atoms with Gasteiger partial charge in [-0.15, -0.1) is 0 Å². The zero-order chi connectivity index (χ0) is 22.4. The van der Waals surface area contributed by atoms with E-state index in [0.29, 0.717) is 30.0 Å². The van der Waals surface area contributed by atoms with Gasteiger partial charge in [-0.2, -0.15) is 0 Å². The second kappa shape index (κ2) is 10.5. The van der Waals surface area contributed by atoms with Crippen LogP contribution in [-0.2, 0) is 16.1 Å². The van der Waals surface area contributed by atoms with E-state index in [4.69, 9.17) is 9.47 Å². The molecule has 0 aromatic heterocycles. The number of urea groups is 1. The number of esters is 1. The molecule has 1 aliphatic rings. The highest BCUT2D eigenvalue weighted by Gasteiger charge is 2.33. The van der Waals surface area contributed by atoms with E-state index in [0.717, 1.165) is 22.0 Å². The molecule has 1 unspecified atom stereocenters. The first-order valence-electron chi connectivity index (χ1n) is 10.4. The Hall–Kier alpha value is -2.80. The molecule has 2 aromatic rings. The number of carbonyl (C=O) groups is 2. The second-order valence-electron chi connectivity index (χ2n) is 7.61. The maximum atomic E-state index is 12.8. The highest BCUT2D eigenvalue weighted by atomic mass is 79.9. The molecule has 0 bridgehead atoms. The van der Waals surface area contributed by atoms with Crippen LogP contribution in [0.4, 0.5) is 4.79 Å². The lowest BCUT2D eigenvalue weighted by atomic mass is 9.93. The van der Waals surface area contributed by atoms with E-state index in [2.05, 4.69) is 26.6 Å². The minimum absolute atomic E-state index is 0.254. The van der Waals surface area contributed by atoms with E-state index in [9.17, 15) is 9.59 Å². The molecule has 0 spiro atoms. The highest BCUT2D eigenvalue weighted by Crippen LogP contribution is 2.31. The molecule has 0 saturated heterocycles. The predicted molar refractivity (Wildman–Crippen MR) is 122 cm³/mol. The van der Waals surface area contributed by atoms with Gasteiger partial charge in [0.05, 0.1) is 17.7 Å². The topological polar surface area (TPSA) is 76.7 Å². The molecule has 31 heavy (non-hydrogen) atoms. The molecule has 1 aliphatic heterocycles. The number of benzene rings is 2. The fourth-order valence-corrected chi connectivity index (χ4v) is 3.60. The van der Waals surface area contributed by atoms with Crippen LogP contribution in [0.15, 0.2) is 64.3 Å². The molecule has 2 N–H and O–H groups in total. The molecule has 1 atom stereocenters. The van der Waals surface area contributed by atoms with E-state index in [-0.39, 0.29) is 12.1 Å². The Morgan fingerprint density at radius 3 is 2.39 bits per heavy atom. The summed E-state index contributed by atoms with van der Waals surface area (Å²) in [6.45, 7) is 6.06. The molecule has 3 rings (SSSR count). The number of carbonyl (C=O) groups excluding carboxylic acids is 2. The second-order valence-corrected chi connectivity index (χ2v) is 8.53. The number of amides is 2. The van der Waals surface area contributed by atoms with E-state index < -0.39 is 12.0 Å². The average molecular weight is 487 g/mol. The molecule has 0 aliphatic carbocycles. The van der Waals surface area contributed by atoms with Crippen molar-refractivity contribution in [2.45, 2.75) is 52.4 Å². The number of rotatable bonds is 8. The van der Waals surface area contributed by atoms with Gasteiger partial charge in [0.1, 0.15) is 12.4 Å². The first-order chi connectivity index (χ1) is 14.9. The molecule has 2 amide bonds. The third-order valence-corrected chi connectivity index (χ3v) is 5.28. The third-order valence-electron chi connectivity index (χ3n) is 4.75. The van der Waals surface area contributed by atoms with Gasteiger partial charge in [-0.3, -0.25) is 0 Å². The smallest absolute Gasteiger partial charge is 0.338 e. The van der Waals surface area contributed by atoms with Gasteiger partial charge in [-0.1, -0.05) is 53.5 Å². The number of halogens is 1. The van der Waals surface area contributed by atoms with Gasteiger partial charge in [-0.25, -0.2) is 9.59 Å². The molecule has 164 valence electrons. The summed E-state index contributed by atoms with van der Waals surface area (Å²) >= 11 is 3.42. The number of allylic oxidation sites excluding steroid dienone is 1. The van der Waals surface area contributed by atoms with Gasteiger partial charge in [0.25, 0.3) is 0 Å². The van der Waals surface area contributed by atoms with Crippen molar-refractivity contribution >= 4 is 27.9 Å². The summed E-state index contributed by atoms with van der Waals surface area (Å²) in [5, 5.41) is 5.63. The molecule has 0 fully saturated rings. The predicted octanol–water partition coefficient (Wildman–Crippen LogP) is 5.39. The summed E-state index contributed by atoms with van der Waals surface area (Å²) in [5.41, 5.74) is 2.90. The Balaban J connectivity index is 1.81. The van der Waals surface area contributed by atoms with Crippen molar-refractivity contribution < 1.29 is 19.1 Å². The lowest BCUT2D eigenvalue weighted by Crippen LogP contribution is -2.46. The normalized spacial score (nSPS) is 16.0. The van der Waals surface area contributed by atoms with Gasteiger partial charge in [0.2, 0.25) is 0 Å². The molecule has 6 nitrogen and oxygen atoms in total. The fraction of sp³-hybridized carbons (Fsp3) is 0.333. The summed E-state index contributed by atoms with van der Waals surface area (Å²) in [4.78, 5) is 25.1. The van der Waals surface area contributed by atoms with E-state index in [1.807, 2.05) is 55.5 Å². The molecule has 0 saturated carbocycles. The molecule has 7 heteroatoms. The lowest BCUT2D eigenvalue weighted by Gasteiger charge is -2.30. The molecular formula is C24H27BrN2O4. The van der Waals surface area contributed by atoms with Gasteiger partial charge in [0.15, 0.2) is 0 Å². The number of hydrogen-bond donors (Lipinski definition) is 2. The van der Waals surface area contributed by atoms with Gasteiger partial charge < -0.3 is 20.1 Å². The van der Waals surface area contributed by atoms with Crippen LogP contribution < -0.4 is 15.4 Å².